The van der Waals surface area contributed by atoms with Crippen molar-refractivity contribution in [2.45, 2.75) is 26.2 Å². The van der Waals surface area contributed by atoms with Gasteiger partial charge < -0.3 is 19.3 Å². The molecular weight excluding hydrogens is 324 g/mol. The second-order valence-electron chi connectivity index (χ2n) is 5.80. The van der Waals surface area contributed by atoms with Gasteiger partial charge in [0.25, 0.3) is 0 Å². The molecule has 0 saturated heterocycles. The smallest absolute Gasteiger partial charge is 0.340 e. The van der Waals surface area contributed by atoms with E-state index in [0.29, 0.717) is 11.8 Å². The quantitative estimate of drug-likeness (QED) is 0.664. The van der Waals surface area contributed by atoms with Crippen LogP contribution < -0.4 is 9.47 Å². The standard InChI is InChI=1S/C19H18O6/c1-11-3-5-12(6-4-11)10-24-16-7-14-13(8-17(21)25-19(14)22)15(9-20)18(16)23-2/h3-7,9,17,21H,8,10H2,1-2H3. The number of hydrogen-bond acceptors (Lipinski definition) is 6. The molecule has 0 saturated carbocycles. The third kappa shape index (κ3) is 3.34. The minimum absolute atomic E-state index is 0.0315. The van der Waals surface area contributed by atoms with Gasteiger partial charge in [0.2, 0.25) is 6.29 Å². The van der Waals surface area contributed by atoms with Crippen molar-refractivity contribution in [3.05, 3.63) is 58.1 Å². The summed E-state index contributed by atoms with van der Waals surface area (Å²) in [5, 5.41) is 9.62. The Balaban J connectivity index is 1.98. The lowest BCUT2D eigenvalue weighted by Gasteiger charge is -2.24. The summed E-state index contributed by atoms with van der Waals surface area (Å²) in [7, 11) is 1.42. The van der Waals surface area contributed by atoms with Gasteiger partial charge in [0.1, 0.15) is 6.61 Å². The van der Waals surface area contributed by atoms with E-state index in [9.17, 15) is 14.7 Å². The van der Waals surface area contributed by atoms with Gasteiger partial charge in [-0.3, -0.25) is 4.79 Å². The summed E-state index contributed by atoms with van der Waals surface area (Å²) in [6.45, 7) is 2.25. The molecule has 0 bridgehead atoms. The molecule has 1 N–H and O–H groups in total. The average Bonchev–Trinajstić information content (AvgIpc) is 2.60. The molecule has 6 nitrogen and oxygen atoms in total. The minimum atomic E-state index is -1.28. The molecule has 1 heterocycles. The number of methoxy groups -OCH3 is 1. The Bertz CT molecular complexity index is 810. The average molecular weight is 342 g/mol. The van der Waals surface area contributed by atoms with Crippen molar-refractivity contribution in [3.63, 3.8) is 0 Å². The Morgan fingerprint density at radius 3 is 2.68 bits per heavy atom. The predicted octanol–water partition coefficient (Wildman–Crippen LogP) is 2.43. The van der Waals surface area contributed by atoms with E-state index in [1.807, 2.05) is 31.2 Å². The summed E-state index contributed by atoms with van der Waals surface area (Å²) >= 11 is 0. The highest BCUT2D eigenvalue weighted by atomic mass is 16.6. The number of esters is 1. The van der Waals surface area contributed by atoms with Crippen molar-refractivity contribution >= 4 is 12.3 Å². The van der Waals surface area contributed by atoms with Crippen molar-refractivity contribution in [1.82, 2.24) is 0 Å². The fraction of sp³-hybridized carbons (Fsp3) is 0.263. The normalized spacial score (nSPS) is 16.0. The summed E-state index contributed by atoms with van der Waals surface area (Å²) in [4.78, 5) is 23.6. The summed E-state index contributed by atoms with van der Waals surface area (Å²) in [5.41, 5.74) is 2.87. The topological polar surface area (TPSA) is 82.1 Å². The summed E-state index contributed by atoms with van der Waals surface area (Å²) in [6, 6.07) is 9.30. The molecule has 25 heavy (non-hydrogen) atoms. The van der Waals surface area contributed by atoms with E-state index < -0.39 is 12.3 Å². The third-order valence-electron chi connectivity index (χ3n) is 4.07. The summed E-state index contributed by atoms with van der Waals surface area (Å²) in [6.07, 6.45) is -0.645. The first-order chi connectivity index (χ1) is 12.0. The number of ether oxygens (including phenoxy) is 3. The van der Waals surface area contributed by atoms with E-state index in [2.05, 4.69) is 0 Å². The van der Waals surface area contributed by atoms with Crippen molar-refractivity contribution in [2.24, 2.45) is 0 Å². The molecule has 1 atom stereocenters. The molecule has 1 aliphatic heterocycles. The molecule has 2 aromatic rings. The number of fused-ring (bicyclic) bond motifs is 1. The van der Waals surface area contributed by atoms with Gasteiger partial charge in [0, 0.05) is 6.42 Å². The van der Waals surface area contributed by atoms with Gasteiger partial charge in [-0.1, -0.05) is 29.8 Å². The second-order valence-corrected chi connectivity index (χ2v) is 5.80. The number of hydrogen-bond donors (Lipinski definition) is 1. The second kappa shape index (κ2) is 6.94. The van der Waals surface area contributed by atoms with Crippen LogP contribution in [0.25, 0.3) is 0 Å². The number of aliphatic hydroxyl groups excluding tert-OH is 1. The molecule has 0 fully saturated rings. The molecule has 0 radical (unpaired) electrons. The molecule has 6 heteroatoms. The number of aldehydes is 1. The number of aryl methyl sites for hydroxylation is 1. The maximum absolute atomic E-state index is 12.0. The van der Waals surface area contributed by atoms with Crippen LogP contribution >= 0.6 is 0 Å². The van der Waals surface area contributed by atoms with Crippen molar-refractivity contribution in [1.29, 1.82) is 0 Å². The van der Waals surface area contributed by atoms with E-state index in [1.165, 1.54) is 13.2 Å². The van der Waals surface area contributed by atoms with Crippen LogP contribution in [0.15, 0.2) is 30.3 Å². The fourth-order valence-electron chi connectivity index (χ4n) is 2.79. The highest BCUT2D eigenvalue weighted by molar-refractivity contribution is 5.97. The largest absolute Gasteiger partial charge is 0.492 e. The minimum Gasteiger partial charge on any atom is -0.492 e. The van der Waals surface area contributed by atoms with Crippen LogP contribution in [0, 0.1) is 6.92 Å². The molecule has 130 valence electrons. The maximum Gasteiger partial charge on any atom is 0.340 e. The van der Waals surface area contributed by atoms with Crippen LogP contribution in [0.3, 0.4) is 0 Å². The Morgan fingerprint density at radius 1 is 1.32 bits per heavy atom. The molecule has 0 aliphatic carbocycles. The lowest BCUT2D eigenvalue weighted by Crippen LogP contribution is -2.28. The zero-order valence-electron chi connectivity index (χ0n) is 13.9. The lowest BCUT2D eigenvalue weighted by molar-refractivity contribution is -0.0688. The molecule has 0 spiro atoms. The Labute approximate surface area is 144 Å². The van der Waals surface area contributed by atoms with E-state index >= 15 is 0 Å². The van der Waals surface area contributed by atoms with Gasteiger partial charge >= 0.3 is 5.97 Å². The van der Waals surface area contributed by atoms with E-state index in [4.69, 9.17) is 14.2 Å². The zero-order valence-corrected chi connectivity index (χ0v) is 13.9. The van der Waals surface area contributed by atoms with Gasteiger partial charge in [0.15, 0.2) is 17.8 Å². The van der Waals surface area contributed by atoms with Crippen molar-refractivity contribution in [2.75, 3.05) is 7.11 Å². The number of cyclic esters (lactones) is 1. The maximum atomic E-state index is 12.0. The van der Waals surface area contributed by atoms with Gasteiger partial charge in [0.05, 0.1) is 18.2 Å². The highest BCUT2D eigenvalue weighted by Gasteiger charge is 2.31. The molecule has 1 aliphatic rings. The van der Waals surface area contributed by atoms with Crippen LogP contribution in [0.2, 0.25) is 0 Å². The van der Waals surface area contributed by atoms with Crippen LogP contribution in [-0.2, 0) is 17.8 Å². The SMILES string of the molecule is COc1c(OCc2ccc(C)cc2)cc2c(c1C=O)CC(O)OC2=O. The first kappa shape index (κ1) is 17.0. The molecule has 3 rings (SSSR count). The molecule has 0 amide bonds. The molecule has 1 unspecified atom stereocenters. The number of benzene rings is 2. The van der Waals surface area contributed by atoms with Gasteiger partial charge in [-0.15, -0.1) is 0 Å². The van der Waals surface area contributed by atoms with E-state index in [1.54, 1.807) is 0 Å². The Kier molecular flexibility index (Phi) is 4.72. The molecule has 0 aromatic heterocycles. The first-order valence-electron chi connectivity index (χ1n) is 7.80. The number of rotatable bonds is 5. The van der Waals surface area contributed by atoms with Gasteiger partial charge in [-0.05, 0) is 24.1 Å². The third-order valence-corrected chi connectivity index (χ3v) is 4.07. The number of carbonyl (C=O) groups is 2. The summed E-state index contributed by atoms with van der Waals surface area (Å²) in [5.74, 6) is -0.181. The first-order valence-corrected chi connectivity index (χ1v) is 7.80. The van der Waals surface area contributed by atoms with Gasteiger partial charge in [-0.25, -0.2) is 4.79 Å². The van der Waals surface area contributed by atoms with Crippen LogP contribution in [0.1, 0.15) is 37.4 Å². The van der Waals surface area contributed by atoms with Gasteiger partial charge in [-0.2, -0.15) is 0 Å². The lowest BCUT2D eigenvalue weighted by atomic mass is 9.95. The Hall–Kier alpha value is -2.86. The van der Waals surface area contributed by atoms with Crippen molar-refractivity contribution in [3.8, 4) is 11.5 Å². The highest BCUT2D eigenvalue weighted by Crippen LogP contribution is 2.38. The zero-order chi connectivity index (χ0) is 18.0. The van der Waals surface area contributed by atoms with Crippen LogP contribution in [0.4, 0.5) is 0 Å². The number of carbonyl (C=O) groups excluding carboxylic acids is 2. The van der Waals surface area contributed by atoms with Crippen LogP contribution in [0.5, 0.6) is 11.5 Å². The molecule has 2 aromatic carbocycles. The monoisotopic (exact) mass is 342 g/mol. The van der Waals surface area contributed by atoms with E-state index in [-0.39, 0.29) is 35.7 Å². The van der Waals surface area contributed by atoms with E-state index in [0.717, 1.165) is 11.1 Å². The summed E-state index contributed by atoms with van der Waals surface area (Å²) < 4.78 is 15.9. The number of aliphatic hydroxyl groups is 1. The van der Waals surface area contributed by atoms with Crippen molar-refractivity contribution < 1.29 is 28.9 Å². The Morgan fingerprint density at radius 2 is 2.04 bits per heavy atom. The van der Waals surface area contributed by atoms with Crippen LogP contribution in [-0.4, -0.2) is 30.8 Å². The fourth-order valence-corrected chi connectivity index (χ4v) is 2.79. The predicted molar refractivity (Wildman–Crippen MR) is 89.0 cm³/mol. The molecular formula is C19H18O6.